The number of carbonyl (C=O) groups is 1. The zero-order valence-electron chi connectivity index (χ0n) is 9.78. The molecule has 0 amide bonds. The van der Waals surface area contributed by atoms with Crippen LogP contribution in [0.15, 0.2) is 24.3 Å². The number of carbonyl (C=O) groups excluding carboxylic acids is 1. The van der Waals surface area contributed by atoms with Gasteiger partial charge in [-0.2, -0.15) is 5.26 Å². The van der Waals surface area contributed by atoms with Gasteiger partial charge in [0, 0.05) is 19.5 Å². The van der Waals surface area contributed by atoms with E-state index < -0.39 is 5.41 Å². The molecule has 0 aromatic heterocycles. The number of hydrogen-bond acceptors (Lipinski definition) is 3. The Balaban J connectivity index is 0.00000225. The van der Waals surface area contributed by atoms with E-state index in [1.807, 2.05) is 6.07 Å². The van der Waals surface area contributed by atoms with Crippen LogP contribution in [0.2, 0.25) is 0 Å². The third-order valence-corrected chi connectivity index (χ3v) is 1.81. The van der Waals surface area contributed by atoms with Gasteiger partial charge in [0.1, 0.15) is 5.75 Å². The van der Waals surface area contributed by atoms with Crippen LogP contribution in [0.25, 0.3) is 0 Å². The average Bonchev–Trinajstić information content (AvgIpc) is 2.17. The van der Waals surface area contributed by atoms with Crippen LogP contribution in [-0.4, -0.2) is 5.97 Å². The first kappa shape index (κ1) is 14.8. The Morgan fingerprint density at radius 3 is 2.12 bits per heavy atom. The first-order chi connectivity index (χ1) is 6.93. The van der Waals surface area contributed by atoms with Crippen molar-refractivity contribution in [2.75, 3.05) is 0 Å². The van der Waals surface area contributed by atoms with Crippen LogP contribution in [0.3, 0.4) is 0 Å². The van der Waals surface area contributed by atoms with Gasteiger partial charge in [0.2, 0.25) is 0 Å². The molecular weight excluding hydrogens is 256 g/mol. The summed E-state index contributed by atoms with van der Waals surface area (Å²) >= 11 is 0. The van der Waals surface area contributed by atoms with Crippen LogP contribution in [0.5, 0.6) is 5.75 Å². The SMILES string of the molecule is CC(C)(C)C(=O)Oc1ccc(C#N)cc1.[Zn]. The zero-order valence-corrected chi connectivity index (χ0v) is 12.7. The molecule has 16 heavy (non-hydrogen) atoms. The second-order valence-electron chi connectivity index (χ2n) is 4.28. The molecule has 0 saturated carbocycles. The summed E-state index contributed by atoms with van der Waals surface area (Å²) < 4.78 is 5.13. The van der Waals surface area contributed by atoms with Crippen molar-refractivity contribution >= 4 is 5.97 Å². The van der Waals surface area contributed by atoms with Gasteiger partial charge in [0.25, 0.3) is 0 Å². The van der Waals surface area contributed by atoms with Gasteiger partial charge in [-0.1, -0.05) is 0 Å². The molecule has 3 nitrogen and oxygen atoms in total. The van der Waals surface area contributed by atoms with Gasteiger partial charge in [-0.25, -0.2) is 0 Å². The van der Waals surface area contributed by atoms with Gasteiger partial charge >= 0.3 is 5.97 Å². The second kappa shape index (κ2) is 5.77. The van der Waals surface area contributed by atoms with Crippen molar-refractivity contribution < 1.29 is 29.0 Å². The summed E-state index contributed by atoms with van der Waals surface area (Å²) in [4.78, 5) is 11.5. The molecule has 4 heteroatoms. The summed E-state index contributed by atoms with van der Waals surface area (Å²) in [5.41, 5.74) is 0.0269. The van der Waals surface area contributed by atoms with E-state index in [2.05, 4.69) is 0 Å². The molecule has 0 saturated heterocycles. The maximum Gasteiger partial charge on any atom is 0.316 e. The Bertz CT molecular complexity index is 399. The summed E-state index contributed by atoms with van der Waals surface area (Å²) in [5, 5.41) is 8.58. The quantitative estimate of drug-likeness (QED) is 0.447. The van der Waals surface area contributed by atoms with Gasteiger partial charge in [-0.3, -0.25) is 4.79 Å². The summed E-state index contributed by atoms with van der Waals surface area (Å²) in [6.07, 6.45) is 0. The standard InChI is InChI=1S/C12H13NO2.Zn/c1-12(2,3)11(14)15-10-6-4-9(8-13)5-7-10;/h4-7H,1-3H3;. The smallest absolute Gasteiger partial charge is 0.316 e. The van der Waals surface area contributed by atoms with Crippen molar-refractivity contribution in [1.82, 2.24) is 0 Å². The predicted molar refractivity (Wildman–Crippen MR) is 56.2 cm³/mol. The van der Waals surface area contributed by atoms with E-state index >= 15 is 0 Å². The molecule has 0 heterocycles. The Hall–Kier alpha value is -1.20. The molecular formula is C12H13NO2Zn. The number of rotatable bonds is 1. The molecule has 0 spiro atoms. The third-order valence-electron chi connectivity index (χ3n) is 1.81. The minimum atomic E-state index is -0.520. The summed E-state index contributed by atoms with van der Waals surface area (Å²) in [6.45, 7) is 5.37. The molecule has 1 rings (SSSR count). The fourth-order valence-electron chi connectivity index (χ4n) is 0.858. The fourth-order valence-corrected chi connectivity index (χ4v) is 0.858. The van der Waals surface area contributed by atoms with Crippen molar-refractivity contribution in [2.45, 2.75) is 20.8 Å². The molecule has 0 aliphatic rings. The molecule has 0 atom stereocenters. The number of nitriles is 1. The number of benzene rings is 1. The van der Waals surface area contributed by atoms with Crippen LogP contribution < -0.4 is 4.74 Å². The monoisotopic (exact) mass is 267 g/mol. The van der Waals surface area contributed by atoms with Gasteiger partial charge < -0.3 is 4.74 Å². The average molecular weight is 269 g/mol. The first-order valence-electron chi connectivity index (χ1n) is 4.66. The van der Waals surface area contributed by atoms with Gasteiger partial charge in [-0.15, -0.1) is 0 Å². The molecule has 0 bridgehead atoms. The fraction of sp³-hybridized carbons (Fsp3) is 0.333. The van der Waals surface area contributed by atoms with Crippen LogP contribution in [-0.2, 0) is 24.3 Å². The number of hydrogen-bond donors (Lipinski definition) is 0. The maximum absolute atomic E-state index is 11.5. The van der Waals surface area contributed by atoms with Gasteiger partial charge in [0.15, 0.2) is 0 Å². The summed E-state index contributed by atoms with van der Waals surface area (Å²) in [5.74, 6) is 0.182. The van der Waals surface area contributed by atoms with E-state index in [0.29, 0.717) is 11.3 Å². The van der Waals surface area contributed by atoms with E-state index in [-0.39, 0.29) is 25.4 Å². The largest absolute Gasteiger partial charge is 0.426 e. The van der Waals surface area contributed by atoms with Crippen molar-refractivity contribution in [3.8, 4) is 11.8 Å². The van der Waals surface area contributed by atoms with Crippen LogP contribution in [0, 0.1) is 16.7 Å². The van der Waals surface area contributed by atoms with E-state index in [0.717, 1.165) is 0 Å². The number of nitrogens with zero attached hydrogens (tertiary/aromatic N) is 1. The van der Waals surface area contributed by atoms with Gasteiger partial charge in [0.05, 0.1) is 17.0 Å². The Kier molecular flexibility index (Phi) is 5.34. The Morgan fingerprint density at radius 1 is 1.25 bits per heavy atom. The van der Waals surface area contributed by atoms with Crippen molar-refractivity contribution in [3.63, 3.8) is 0 Å². The number of ether oxygens (including phenoxy) is 1. The molecule has 0 aliphatic carbocycles. The topological polar surface area (TPSA) is 50.1 Å². The van der Waals surface area contributed by atoms with E-state index in [9.17, 15) is 4.79 Å². The van der Waals surface area contributed by atoms with E-state index in [1.54, 1.807) is 45.0 Å². The predicted octanol–water partition coefficient (Wildman–Crippen LogP) is 2.51. The number of esters is 1. The molecule has 0 radical (unpaired) electrons. The van der Waals surface area contributed by atoms with Crippen LogP contribution in [0.1, 0.15) is 26.3 Å². The maximum atomic E-state index is 11.5. The molecule has 1 aromatic carbocycles. The molecule has 0 fully saturated rings. The summed E-state index contributed by atoms with van der Waals surface area (Å²) in [6, 6.07) is 8.46. The second-order valence-corrected chi connectivity index (χ2v) is 4.28. The molecule has 1 aromatic rings. The minimum Gasteiger partial charge on any atom is -0.426 e. The molecule has 0 aliphatic heterocycles. The zero-order chi connectivity index (χ0) is 11.5. The first-order valence-corrected chi connectivity index (χ1v) is 4.66. The Labute approximate surface area is 108 Å². The molecule has 0 N–H and O–H groups in total. The van der Waals surface area contributed by atoms with E-state index in [1.165, 1.54) is 0 Å². The van der Waals surface area contributed by atoms with Gasteiger partial charge in [-0.05, 0) is 45.0 Å². The molecule has 80 valence electrons. The minimum absolute atomic E-state index is 0. The van der Waals surface area contributed by atoms with Crippen LogP contribution in [0.4, 0.5) is 0 Å². The summed E-state index contributed by atoms with van der Waals surface area (Å²) in [7, 11) is 0. The third kappa shape index (κ3) is 4.12. The van der Waals surface area contributed by atoms with Crippen LogP contribution >= 0.6 is 0 Å². The van der Waals surface area contributed by atoms with E-state index in [4.69, 9.17) is 10.00 Å². The van der Waals surface area contributed by atoms with Crippen molar-refractivity contribution in [3.05, 3.63) is 29.8 Å². The van der Waals surface area contributed by atoms with Crippen molar-refractivity contribution in [1.29, 1.82) is 5.26 Å². The molecule has 0 unspecified atom stereocenters. The Morgan fingerprint density at radius 2 is 1.75 bits per heavy atom. The van der Waals surface area contributed by atoms with Crippen molar-refractivity contribution in [2.24, 2.45) is 5.41 Å². The normalized spacial score (nSPS) is 9.88.